The molecule has 6 nitrogen and oxygen atoms in total. The third-order valence-electron chi connectivity index (χ3n) is 4.84. The highest BCUT2D eigenvalue weighted by atomic mass is 35.5. The molecule has 2 N–H and O–H groups in total. The van der Waals surface area contributed by atoms with Crippen molar-refractivity contribution in [2.24, 2.45) is 5.92 Å². The minimum absolute atomic E-state index is 0.0110. The molecule has 0 spiro atoms. The molecule has 0 unspecified atom stereocenters. The molecule has 2 aromatic rings. The van der Waals surface area contributed by atoms with Gasteiger partial charge in [-0.15, -0.1) is 0 Å². The number of sulfone groups is 1. The van der Waals surface area contributed by atoms with Crippen LogP contribution in [-0.4, -0.2) is 36.4 Å². The maximum atomic E-state index is 13.6. The molecule has 0 saturated carbocycles. The van der Waals surface area contributed by atoms with Crippen LogP contribution in [-0.2, 0) is 16.0 Å². The number of aromatic nitrogens is 2. The van der Waals surface area contributed by atoms with Crippen LogP contribution in [0.2, 0.25) is 10.0 Å². The van der Waals surface area contributed by atoms with Gasteiger partial charge < -0.3 is 10.6 Å². The molecule has 1 aliphatic heterocycles. The first-order chi connectivity index (χ1) is 14.4. The molecule has 0 atom stereocenters. The van der Waals surface area contributed by atoms with E-state index in [1.165, 1.54) is 18.2 Å². The van der Waals surface area contributed by atoms with Gasteiger partial charge in [0.05, 0.1) is 22.2 Å². The summed E-state index contributed by atoms with van der Waals surface area (Å²) in [6.45, 7) is 4.00. The summed E-state index contributed by atoms with van der Waals surface area (Å²) in [5.41, 5.74) is -1.13. The molecular formula is C19H19Cl2F3N4O2S. The summed E-state index contributed by atoms with van der Waals surface area (Å²) in [7, 11) is -3.01. The molecule has 12 heteroatoms. The molecule has 1 fully saturated rings. The van der Waals surface area contributed by atoms with Crippen molar-refractivity contribution in [3.63, 3.8) is 0 Å². The number of rotatable bonds is 6. The van der Waals surface area contributed by atoms with Crippen LogP contribution < -0.4 is 10.6 Å². The Morgan fingerprint density at radius 1 is 1.23 bits per heavy atom. The van der Waals surface area contributed by atoms with Gasteiger partial charge in [-0.25, -0.2) is 18.4 Å². The van der Waals surface area contributed by atoms with E-state index in [0.29, 0.717) is 30.1 Å². The highest BCUT2D eigenvalue weighted by Gasteiger charge is 2.37. The van der Waals surface area contributed by atoms with Crippen molar-refractivity contribution in [1.82, 2.24) is 15.3 Å². The van der Waals surface area contributed by atoms with Gasteiger partial charge in [0.15, 0.2) is 5.69 Å². The Labute approximate surface area is 187 Å². The Morgan fingerprint density at radius 2 is 1.90 bits per heavy atom. The Balaban J connectivity index is 1.76. The van der Waals surface area contributed by atoms with Crippen LogP contribution in [0.15, 0.2) is 31.0 Å². The molecule has 168 valence electrons. The lowest BCUT2D eigenvalue weighted by Gasteiger charge is -2.23. The Hall–Kier alpha value is -2.04. The standard InChI is InChI=1S/C19H19Cl2F3N4O2S/c1-11(25-9-12-4-6-31(29,30)7-5-12)14-10-26-18(28-17(14)19(22,23)24)27-16-3-2-13(20)8-15(16)21/h2-3,8,10,12,25H,1,4-7,9H2,(H,26,27,28). The monoisotopic (exact) mass is 494 g/mol. The van der Waals surface area contributed by atoms with Crippen LogP contribution in [0.4, 0.5) is 24.8 Å². The van der Waals surface area contributed by atoms with Crippen molar-refractivity contribution >= 4 is 50.4 Å². The van der Waals surface area contributed by atoms with E-state index < -0.39 is 21.7 Å². The topological polar surface area (TPSA) is 84.0 Å². The van der Waals surface area contributed by atoms with E-state index in [-0.39, 0.29) is 39.7 Å². The molecular weight excluding hydrogens is 476 g/mol. The van der Waals surface area contributed by atoms with Gasteiger partial charge in [0.1, 0.15) is 9.84 Å². The van der Waals surface area contributed by atoms with Gasteiger partial charge in [-0.3, -0.25) is 0 Å². The lowest BCUT2D eigenvalue weighted by atomic mass is 10.0. The predicted molar refractivity (Wildman–Crippen MR) is 115 cm³/mol. The van der Waals surface area contributed by atoms with Gasteiger partial charge in [-0.1, -0.05) is 29.8 Å². The molecule has 0 aliphatic carbocycles. The minimum Gasteiger partial charge on any atom is -0.385 e. The van der Waals surface area contributed by atoms with E-state index in [1.807, 2.05) is 0 Å². The zero-order valence-corrected chi connectivity index (χ0v) is 18.5. The van der Waals surface area contributed by atoms with E-state index in [4.69, 9.17) is 23.2 Å². The predicted octanol–water partition coefficient (Wildman–Crippen LogP) is 4.93. The fourth-order valence-corrected chi connectivity index (χ4v) is 5.14. The van der Waals surface area contributed by atoms with E-state index in [0.717, 1.165) is 6.20 Å². The third kappa shape index (κ3) is 6.24. The number of nitrogens with zero attached hydrogens (tertiary/aromatic N) is 2. The van der Waals surface area contributed by atoms with Gasteiger partial charge in [-0.05, 0) is 37.0 Å². The lowest BCUT2D eigenvalue weighted by Crippen LogP contribution is -2.30. The SMILES string of the molecule is C=C(NCC1CCS(=O)(=O)CC1)c1cnc(Nc2ccc(Cl)cc2Cl)nc1C(F)(F)F. The molecule has 0 bridgehead atoms. The third-order valence-corrected chi connectivity index (χ3v) is 7.10. The Kier molecular flexibility index (Phi) is 7.02. The minimum atomic E-state index is -4.75. The largest absolute Gasteiger partial charge is 0.434 e. The van der Waals surface area contributed by atoms with E-state index in [2.05, 4.69) is 27.2 Å². The zero-order chi connectivity index (χ0) is 22.8. The van der Waals surface area contributed by atoms with Crippen molar-refractivity contribution < 1.29 is 21.6 Å². The zero-order valence-electron chi connectivity index (χ0n) is 16.1. The number of anilines is 2. The van der Waals surface area contributed by atoms with Crippen molar-refractivity contribution in [2.45, 2.75) is 19.0 Å². The van der Waals surface area contributed by atoms with Crippen LogP contribution in [0, 0.1) is 5.92 Å². The van der Waals surface area contributed by atoms with Crippen LogP contribution in [0.3, 0.4) is 0 Å². The normalized spacial score (nSPS) is 16.7. The molecule has 0 radical (unpaired) electrons. The second kappa shape index (κ2) is 9.22. The van der Waals surface area contributed by atoms with Crippen molar-refractivity contribution in [2.75, 3.05) is 23.4 Å². The van der Waals surface area contributed by atoms with Crippen LogP contribution in [0.5, 0.6) is 0 Å². The Bertz CT molecular complexity index is 1080. The molecule has 31 heavy (non-hydrogen) atoms. The van der Waals surface area contributed by atoms with E-state index in [9.17, 15) is 21.6 Å². The molecule has 1 aromatic heterocycles. The smallest absolute Gasteiger partial charge is 0.385 e. The number of hydrogen-bond acceptors (Lipinski definition) is 6. The Morgan fingerprint density at radius 3 is 2.52 bits per heavy atom. The van der Waals surface area contributed by atoms with Crippen molar-refractivity contribution in [3.8, 4) is 0 Å². The van der Waals surface area contributed by atoms with Crippen molar-refractivity contribution in [3.05, 3.63) is 52.3 Å². The quantitative estimate of drug-likeness (QED) is 0.592. The molecule has 3 rings (SSSR count). The van der Waals surface area contributed by atoms with Crippen LogP contribution >= 0.6 is 23.2 Å². The summed E-state index contributed by atoms with van der Waals surface area (Å²) < 4.78 is 64.0. The summed E-state index contributed by atoms with van der Waals surface area (Å²) in [5.74, 6) is -0.0960. The van der Waals surface area contributed by atoms with Gasteiger partial charge in [0, 0.05) is 29.0 Å². The first kappa shape index (κ1) is 23.6. The molecule has 2 heterocycles. The van der Waals surface area contributed by atoms with Gasteiger partial charge in [-0.2, -0.15) is 13.2 Å². The summed E-state index contributed by atoms with van der Waals surface area (Å²) in [6.07, 6.45) is -2.81. The maximum Gasteiger partial charge on any atom is 0.434 e. The number of nitrogens with one attached hydrogen (secondary N) is 2. The fourth-order valence-electron chi connectivity index (χ4n) is 3.10. The highest BCUT2D eigenvalue weighted by molar-refractivity contribution is 7.91. The lowest BCUT2D eigenvalue weighted by molar-refractivity contribution is -0.141. The average Bonchev–Trinajstić information content (AvgIpc) is 2.68. The van der Waals surface area contributed by atoms with E-state index in [1.54, 1.807) is 0 Å². The maximum absolute atomic E-state index is 13.6. The van der Waals surface area contributed by atoms with Crippen molar-refractivity contribution in [1.29, 1.82) is 0 Å². The van der Waals surface area contributed by atoms with Gasteiger partial charge >= 0.3 is 6.18 Å². The first-order valence-electron chi connectivity index (χ1n) is 9.24. The van der Waals surface area contributed by atoms with Gasteiger partial charge in [0.2, 0.25) is 5.95 Å². The molecule has 1 saturated heterocycles. The number of halogens is 5. The summed E-state index contributed by atoms with van der Waals surface area (Å²) in [6, 6.07) is 4.46. The first-order valence-corrected chi connectivity index (χ1v) is 11.8. The van der Waals surface area contributed by atoms with Crippen LogP contribution in [0.25, 0.3) is 5.70 Å². The number of hydrogen-bond donors (Lipinski definition) is 2. The second-order valence-corrected chi connectivity index (χ2v) is 10.3. The molecule has 0 amide bonds. The fraction of sp³-hybridized carbons (Fsp3) is 0.368. The summed E-state index contributed by atoms with van der Waals surface area (Å²) >= 11 is 11.9. The summed E-state index contributed by atoms with van der Waals surface area (Å²) in [5, 5.41) is 6.10. The second-order valence-electron chi connectivity index (χ2n) is 7.16. The highest BCUT2D eigenvalue weighted by Crippen LogP contribution is 2.34. The number of benzene rings is 1. The summed E-state index contributed by atoms with van der Waals surface area (Å²) in [4.78, 5) is 7.57. The number of alkyl halides is 3. The van der Waals surface area contributed by atoms with E-state index >= 15 is 0 Å². The molecule has 1 aliphatic rings. The molecule has 1 aromatic carbocycles. The van der Waals surface area contributed by atoms with Crippen LogP contribution in [0.1, 0.15) is 24.1 Å². The average molecular weight is 495 g/mol. The van der Waals surface area contributed by atoms with Gasteiger partial charge in [0.25, 0.3) is 0 Å².